The third-order valence-electron chi connectivity index (χ3n) is 6.91. The van der Waals surface area contributed by atoms with Crippen molar-refractivity contribution in [1.29, 1.82) is 0 Å². The maximum atomic E-state index is 14.2. The summed E-state index contributed by atoms with van der Waals surface area (Å²) in [7, 11) is 1.85. The topological polar surface area (TPSA) is 80.9 Å². The van der Waals surface area contributed by atoms with Gasteiger partial charge in [-0.2, -0.15) is 5.10 Å². The van der Waals surface area contributed by atoms with Crippen LogP contribution in [0.15, 0.2) is 67.0 Å². The van der Waals surface area contributed by atoms with Crippen molar-refractivity contribution < 1.29 is 18.7 Å². The second-order valence-corrected chi connectivity index (χ2v) is 10.9. The van der Waals surface area contributed by atoms with Crippen LogP contribution in [0.5, 0.6) is 0 Å². The summed E-state index contributed by atoms with van der Waals surface area (Å²) in [5, 5.41) is 15.8. The van der Waals surface area contributed by atoms with Gasteiger partial charge >= 0.3 is 5.97 Å². The van der Waals surface area contributed by atoms with Crippen LogP contribution in [-0.4, -0.2) is 30.8 Å². The largest absolute Gasteiger partial charge is 0.481 e. The molecule has 0 aliphatic carbocycles. The number of carboxylic acids is 1. The molecule has 0 aliphatic rings. The van der Waals surface area contributed by atoms with Crippen LogP contribution < -0.4 is 0 Å². The molecule has 0 amide bonds. The van der Waals surface area contributed by atoms with Crippen LogP contribution in [-0.2, 0) is 18.3 Å². The number of halogens is 3. The van der Waals surface area contributed by atoms with E-state index in [4.69, 9.17) is 16.6 Å². The Hall–Kier alpha value is -4.21. The van der Waals surface area contributed by atoms with Crippen molar-refractivity contribution in [3.05, 3.63) is 88.7 Å². The fourth-order valence-electron chi connectivity index (χ4n) is 4.96. The lowest BCUT2D eigenvalue weighted by atomic mass is 9.93. The molecule has 6 nitrogen and oxygen atoms in total. The summed E-state index contributed by atoms with van der Waals surface area (Å²) in [6, 6.07) is 16.3. The third kappa shape index (κ3) is 4.61. The number of nitrogens with zero attached hydrogens (tertiary/aromatic N) is 4. The Labute approximate surface area is 236 Å². The van der Waals surface area contributed by atoms with Crippen LogP contribution in [0.1, 0.15) is 23.1 Å². The molecule has 6 aromatic rings. The molecule has 3 heterocycles. The van der Waals surface area contributed by atoms with Crippen molar-refractivity contribution in [3.8, 4) is 33.0 Å². The highest BCUT2D eigenvalue weighted by Gasteiger charge is 2.23. The van der Waals surface area contributed by atoms with E-state index in [-0.39, 0.29) is 17.5 Å². The van der Waals surface area contributed by atoms with Crippen molar-refractivity contribution in [2.45, 2.75) is 19.8 Å². The minimum Gasteiger partial charge on any atom is -0.481 e. The van der Waals surface area contributed by atoms with Gasteiger partial charge < -0.3 is 5.11 Å². The predicted molar refractivity (Wildman–Crippen MR) is 154 cm³/mol. The number of fused-ring (bicyclic) bond motifs is 2. The quantitative estimate of drug-likeness (QED) is 0.217. The number of aryl methyl sites for hydroxylation is 2. The Kier molecular flexibility index (Phi) is 6.56. The molecule has 0 unspecified atom stereocenters. The van der Waals surface area contributed by atoms with Gasteiger partial charge in [0.25, 0.3) is 6.43 Å². The molecule has 0 saturated carbocycles. The lowest BCUT2D eigenvalue weighted by molar-refractivity contribution is -0.136. The molecule has 10 heteroatoms. The molecule has 3 aromatic carbocycles. The first kappa shape index (κ1) is 26.0. The van der Waals surface area contributed by atoms with E-state index in [2.05, 4.69) is 10.1 Å². The minimum atomic E-state index is -2.76. The van der Waals surface area contributed by atoms with Gasteiger partial charge in [0.2, 0.25) is 0 Å². The first-order valence-electron chi connectivity index (χ1n) is 12.3. The number of carboxylic acid groups (broad SMARTS) is 1. The van der Waals surface area contributed by atoms with Gasteiger partial charge in [0, 0.05) is 45.9 Å². The zero-order valence-electron chi connectivity index (χ0n) is 21.3. The van der Waals surface area contributed by atoms with Crippen LogP contribution in [0.25, 0.3) is 54.1 Å². The number of carbonyl (C=O) groups is 1. The first-order valence-corrected chi connectivity index (χ1v) is 13.5. The summed E-state index contributed by atoms with van der Waals surface area (Å²) < 4.78 is 30.9. The van der Waals surface area contributed by atoms with Crippen molar-refractivity contribution in [2.75, 3.05) is 0 Å². The van der Waals surface area contributed by atoms with Crippen molar-refractivity contribution in [2.24, 2.45) is 7.05 Å². The van der Waals surface area contributed by atoms with E-state index in [1.807, 2.05) is 50.4 Å². The summed E-state index contributed by atoms with van der Waals surface area (Å²) in [4.78, 5) is 20.9. The molecular weight excluding hydrogens is 554 g/mol. The SMILES string of the molecule is Cc1cc2nc(-c3cc(-c4ccc5c(cnn5C)c4)ncc3C(F)F)sc2c(-c2ccc(Cl)cc2)c1CC(=O)O. The van der Waals surface area contributed by atoms with Gasteiger partial charge in [0.05, 0.1) is 34.0 Å². The Morgan fingerprint density at radius 2 is 1.82 bits per heavy atom. The molecule has 0 radical (unpaired) electrons. The van der Waals surface area contributed by atoms with Gasteiger partial charge in [-0.3, -0.25) is 14.5 Å². The van der Waals surface area contributed by atoms with Gasteiger partial charge in [-0.1, -0.05) is 29.8 Å². The third-order valence-corrected chi connectivity index (χ3v) is 8.29. The highest BCUT2D eigenvalue weighted by molar-refractivity contribution is 7.22. The molecule has 0 aliphatic heterocycles. The second-order valence-electron chi connectivity index (χ2n) is 9.49. The van der Waals surface area contributed by atoms with Gasteiger partial charge in [0.1, 0.15) is 5.01 Å². The van der Waals surface area contributed by atoms with E-state index >= 15 is 0 Å². The smallest absolute Gasteiger partial charge is 0.307 e. The number of pyridine rings is 1. The average Bonchev–Trinajstić information content (AvgIpc) is 3.52. The van der Waals surface area contributed by atoms with Crippen molar-refractivity contribution in [3.63, 3.8) is 0 Å². The molecule has 40 heavy (non-hydrogen) atoms. The molecule has 3 aromatic heterocycles. The highest BCUT2D eigenvalue weighted by Crippen LogP contribution is 2.43. The van der Waals surface area contributed by atoms with Gasteiger partial charge in [-0.05, 0) is 60.0 Å². The Bertz CT molecular complexity index is 1930. The lowest BCUT2D eigenvalue weighted by Crippen LogP contribution is -2.04. The Balaban J connectivity index is 1.57. The van der Waals surface area contributed by atoms with Crippen molar-refractivity contribution in [1.82, 2.24) is 19.7 Å². The summed E-state index contributed by atoms with van der Waals surface area (Å²) in [5.74, 6) is -0.966. The van der Waals surface area contributed by atoms with Crippen molar-refractivity contribution >= 4 is 50.0 Å². The highest BCUT2D eigenvalue weighted by atomic mass is 35.5. The number of alkyl halides is 2. The summed E-state index contributed by atoms with van der Waals surface area (Å²) in [6.07, 6.45) is 0.00178. The van der Waals surface area contributed by atoms with Crippen LogP contribution in [0.3, 0.4) is 0 Å². The lowest BCUT2D eigenvalue weighted by Gasteiger charge is -2.13. The maximum Gasteiger partial charge on any atom is 0.307 e. The number of benzene rings is 3. The summed E-state index contributed by atoms with van der Waals surface area (Å²) in [5.41, 5.74) is 5.81. The maximum absolute atomic E-state index is 14.2. The fourth-order valence-corrected chi connectivity index (χ4v) is 6.26. The molecule has 0 fully saturated rings. The Morgan fingerprint density at radius 3 is 2.55 bits per heavy atom. The molecule has 0 saturated heterocycles. The second kappa shape index (κ2) is 10.1. The van der Waals surface area contributed by atoms with Crippen LogP contribution in [0.2, 0.25) is 5.02 Å². The van der Waals surface area contributed by atoms with E-state index < -0.39 is 12.4 Å². The summed E-state index contributed by atoms with van der Waals surface area (Å²) >= 11 is 7.37. The van der Waals surface area contributed by atoms with E-state index in [9.17, 15) is 18.7 Å². The fraction of sp³-hybridized carbons (Fsp3) is 0.133. The number of hydrogen-bond donors (Lipinski definition) is 1. The van der Waals surface area contributed by atoms with Gasteiger partial charge in [-0.25, -0.2) is 13.8 Å². The average molecular weight is 575 g/mol. The van der Waals surface area contributed by atoms with E-state index in [0.29, 0.717) is 32.4 Å². The number of aliphatic carboxylic acids is 1. The van der Waals surface area contributed by atoms with Gasteiger partial charge in [0.15, 0.2) is 0 Å². The minimum absolute atomic E-state index is 0.189. The molecule has 0 bridgehead atoms. The number of aromatic nitrogens is 4. The normalized spacial score (nSPS) is 11.7. The number of rotatable bonds is 6. The zero-order chi connectivity index (χ0) is 28.1. The van der Waals surface area contributed by atoms with E-state index in [1.165, 1.54) is 17.5 Å². The van der Waals surface area contributed by atoms with Crippen LogP contribution in [0, 0.1) is 6.92 Å². The zero-order valence-corrected chi connectivity index (χ0v) is 22.9. The summed E-state index contributed by atoms with van der Waals surface area (Å²) in [6.45, 7) is 1.83. The van der Waals surface area contributed by atoms with Crippen LogP contribution in [0.4, 0.5) is 8.78 Å². The molecule has 6 rings (SSSR count). The first-order chi connectivity index (χ1) is 19.2. The number of thiazole rings is 1. The monoisotopic (exact) mass is 574 g/mol. The van der Waals surface area contributed by atoms with E-state index in [1.54, 1.807) is 29.1 Å². The molecule has 1 N–H and O–H groups in total. The van der Waals surface area contributed by atoms with E-state index in [0.717, 1.165) is 32.3 Å². The Morgan fingerprint density at radius 1 is 1.07 bits per heavy atom. The predicted octanol–water partition coefficient (Wildman–Crippen LogP) is 8.11. The van der Waals surface area contributed by atoms with Gasteiger partial charge in [-0.15, -0.1) is 11.3 Å². The molecule has 200 valence electrons. The van der Waals surface area contributed by atoms with Crippen LogP contribution >= 0.6 is 22.9 Å². The molecule has 0 atom stereocenters. The molecule has 0 spiro atoms. The molecular formula is C30H21ClF2N4O2S. The standard InChI is InChI=1S/C30H21ClF2N4O2S/c1-15-9-24-28(27(20(15)12-26(38)39)16-3-6-19(31)7-4-16)40-30(36-24)21-11-23(34-14-22(21)29(32)33)17-5-8-25-18(10-17)13-35-37(25)2/h3-11,13-14,29H,12H2,1-2H3,(H,38,39). The number of hydrogen-bond acceptors (Lipinski definition) is 5.